The number of nitrogens with one attached hydrogen (secondary N) is 1. The molecule has 4 aromatic rings. The van der Waals surface area contributed by atoms with Crippen molar-refractivity contribution in [3.8, 4) is 28.6 Å². The fourth-order valence-electron chi connectivity index (χ4n) is 5.43. The molecule has 232 valence electrons. The van der Waals surface area contributed by atoms with Crippen LogP contribution in [0.25, 0.3) is 17.1 Å². The Morgan fingerprint density at radius 2 is 1.64 bits per heavy atom. The number of piperidine rings is 1. The summed E-state index contributed by atoms with van der Waals surface area (Å²) in [7, 11) is 4.75. The molecule has 1 fully saturated rings. The summed E-state index contributed by atoms with van der Waals surface area (Å²) in [6, 6.07) is 10.3. The number of pyridine rings is 1. The Bertz CT molecular complexity index is 1720. The molecule has 9 nitrogen and oxygen atoms in total. The lowest BCUT2D eigenvalue weighted by Gasteiger charge is -2.29. The number of alkyl halides is 2. The number of anilines is 1. The van der Waals surface area contributed by atoms with Crippen LogP contribution in [0.15, 0.2) is 53.3 Å². The Kier molecular flexibility index (Phi) is 8.77. The van der Waals surface area contributed by atoms with Crippen LogP contribution in [0.5, 0.6) is 11.5 Å². The number of methoxy groups -OCH3 is 1. The van der Waals surface area contributed by atoms with E-state index in [9.17, 15) is 18.4 Å². The van der Waals surface area contributed by atoms with E-state index >= 15 is 8.78 Å². The Balaban J connectivity index is 1.64. The van der Waals surface area contributed by atoms with Crippen LogP contribution in [0.4, 0.5) is 23.2 Å². The number of hydrogen-bond acceptors (Lipinski definition) is 6. The van der Waals surface area contributed by atoms with Gasteiger partial charge in [-0.25, -0.2) is 13.8 Å². The molecule has 1 aliphatic heterocycles. The molecule has 1 aliphatic rings. The van der Waals surface area contributed by atoms with Crippen LogP contribution in [0, 0.1) is 18.6 Å². The fraction of sp³-hybridized carbons (Fsp3) is 0.323. The summed E-state index contributed by atoms with van der Waals surface area (Å²) < 4.78 is 67.7. The van der Waals surface area contributed by atoms with Crippen molar-refractivity contribution in [3.63, 3.8) is 0 Å². The molecule has 13 heteroatoms. The predicted octanol–water partition coefficient (Wildman–Crippen LogP) is 5.50. The Hall–Kier alpha value is -4.65. The van der Waals surface area contributed by atoms with Crippen LogP contribution >= 0.6 is 0 Å². The molecule has 0 spiro atoms. The zero-order chi connectivity index (χ0) is 31.7. The Morgan fingerprint density at radius 3 is 2.23 bits per heavy atom. The van der Waals surface area contributed by atoms with Gasteiger partial charge in [-0.1, -0.05) is 0 Å². The number of ether oxygens (including phenoxy) is 2. The van der Waals surface area contributed by atoms with E-state index in [1.54, 1.807) is 6.07 Å². The summed E-state index contributed by atoms with van der Waals surface area (Å²) in [6.07, 6.45) is 1.76. The van der Waals surface area contributed by atoms with Crippen molar-refractivity contribution in [1.29, 1.82) is 0 Å². The maximum absolute atomic E-state index is 15.4. The maximum Gasteiger partial charge on any atom is 0.387 e. The second-order valence-electron chi connectivity index (χ2n) is 10.7. The first-order valence-electron chi connectivity index (χ1n) is 13.9. The average Bonchev–Trinajstić information content (AvgIpc) is 3.21. The average molecular weight is 614 g/mol. The summed E-state index contributed by atoms with van der Waals surface area (Å²) in [5.74, 6) is -2.74. The number of carbonyl (C=O) groups excluding carboxylic acids is 1. The third-order valence-electron chi connectivity index (χ3n) is 7.66. The molecule has 0 unspecified atom stereocenters. The quantitative estimate of drug-likeness (QED) is 0.264. The number of benzene rings is 2. The number of aryl methyl sites for hydroxylation is 1. The zero-order valence-electron chi connectivity index (χ0n) is 24.5. The monoisotopic (exact) mass is 613 g/mol. The number of aromatic nitrogens is 3. The van der Waals surface area contributed by atoms with Crippen molar-refractivity contribution in [2.24, 2.45) is 7.05 Å². The number of nitrogens with zero attached hydrogens (tertiary/aromatic N) is 4. The van der Waals surface area contributed by atoms with E-state index in [0.29, 0.717) is 0 Å². The smallest absolute Gasteiger partial charge is 0.387 e. The predicted molar refractivity (Wildman–Crippen MR) is 156 cm³/mol. The summed E-state index contributed by atoms with van der Waals surface area (Å²) in [4.78, 5) is 34.3. The van der Waals surface area contributed by atoms with E-state index in [-0.39, 0.29) is 34.5 Å². The molecule has 5 rings (SSSR count). The number of halogens is 4. The maximum atomic E-state index is 15.4. The van der Waals surface area contributed by atoms with Gasteiger partial charge >= 0.3 is 6.61 Å². The van der Waals surface area contributed by atoms with E-state index in [1.807, 2.05) is 13.0 Å². The van der Waals surface area contributed by atoms with Crippen LogP contribution in [-0.2, 0) is 7.05 Å². The van der Waals surface area contributed by atoms with Gasteiger partial charge in [0.15, 0.2) is 5.82 Å². The Labute approximate surface area is 250 Å². The van der Waals surface area contributed by atoms with Gasteiger partial charge in [0.1, 0.15) is 34.5 Å². The second-order valence-corrected chi connectivity index (χ2v) is 10.7. The van der Waals surface area contributed by atoms with E-state index in [0.717, 1.165) is 66.1 Å². The molecule has 1 amide bonds. The zero-order valence-corrected chi connectivity index (χ0v) is 24.5. The highest BCUT2D eigenvalue weighted by Gasteiger charge is 2.29. The minimum atomic E-state index is -3.05. The first-order chi connectivity index (χ1) is 21.0. The van der Waals surface area contributed by atoms with Gasteiger partial charge in [0.2, 0.25) is 0 Å². The molecule has 0 saturated carbocycles. The van der Waals surface area contributed by atoms with Crippen molar-refractivity contribution >= 4 is 11.6 Å². The van der Waals surface area contributed by atoms with Crippen LogP contribution < -0.4 is 20.3 Å². The van der Waals surface area contributed by atoms with E-state index in [4.69, 9.17) is 9.72 Å². The lowest BCUT2D eigenvalue weighted by molar-refractivity contribution is -0.0498. The second kappa shape index (κ2) is 12.5. The van der Waals surface area contributed by atoms with Gasteiger partial charge in [-0.05, 0) is 81.9 Å². The van der Waals surface area contributed by atoms with Gasteiger partial charge in [-0.15, -0.1) is 0 Å². The number of rotatable bonds is 8. The van der Waals surface area contributed by atoms with Gasteiger partial charge in [-0.2, -0.15) is 13.5 Å². The number of carbonyl (C=O) groups is 1. The highest BCUT2D eigenvalue weighted by atomic mass is 19.3. The van der Waals surface area contributed by atoms with Crippen LogP contribution in [0.2, 0.25) is 0 Å². The molecule has 3 heterocycles. The lowest BCUT2D eigenvalue weighted by atomic mass is 9.92. The summed E-state index contributed by atoms with van der Waals surface area (Å²) >= 11 is 0. The number of likely N-dealkylation sites (tertiary alicyclic amines) is 1. The first kappa shape index (κ1) is 30.8. The van der Waals surface area contributed by atoms with E-state index in [2.05, 4.69) is 22.0 Å². The van der Waals surface area contributed by atoms with Crippen molar-refractivity contribution in [2.75, 3.05) is 32.6 Å². The molecule has 0 atom stereocenters. The van der Waals surface area contributed by atoms with Crippen molar-refractivity contribution in [3.05, 3.63) is 87.3 Å². The highest BCUT2D eigenvalue weighted by molar-refractivity contribution is 6.06. The van der Waals surface area contributed by atoms with Gasteiger partial charge in [0, 0.05) is 36.4 Å². The standard InChI is InChI=1S/C31H31F4N5O4/c1-17-13-24(18-9-11-38(2)12-10-18)36-25(14-17)40-30(42)27(37-29(41)19-5-7-20(8-6-19)44-31(34)35)28(39(40)3)26-22(32)15-21(43-4)16-23(26)33/h5-8,13-16,18,31H,9-12H2,1-4H3,(H,37,41). The highest BCUT2D eigenvalue weighted by Crippen LogP contribution is 2.35. The normalized spacial score (nSPS) is 14.2. The minimum Gasteiger partial charge on any atom is -0.497 e. The van der Waals surface area contributed by atoms with Crippen LogP contribution in [0.3, 0.4) is 0 Å². The van der Waals surface area contributed by atoms with Crippen LogP contribution in [-0.4, -0.2) is 59.0 Å². The molecule has 0 aliphatic carbocycles. The number of amides is 1. The topological polar surface area (TPSA) is 90.6 Å². The third kappa shape index (κ3) is 6.18. The molecule has 44 heavy (non-hydrogen) atoms. The van der Waals surface area contributed by atoms with E-state index in [1.165, 1.54) is 31.0 Å². The first-order valence-corrected chi connectivity index (χ1v) is 13.9. The Morgan fingerprint density at radius 1 is 1.00 bits per heavy atom. The summed E-state index contributed by atoms with van der Waals surface area (Å²) in [6.45, 7) is 0.603. The van der Waals surface area contributed by atoms with E-state index < -0.39 is 41.0 Å². The van der Waals surface area contributed by atoms with Gasteiger partial charge in [0.25, 0.3) is 11.5 Å². The molecular formula is C31H31F4N5O4. The molecule has 1 saturated heterocycles. The fourth-order valence-corrected chi connectivity index (χ4v) is 5.43. The van der Waals surface area contributed by atoms with Gasteiger partial charge < -0.3 is 19.7 Å². The van der Waals surface area contributed by atoms with Gasteiger partial charge in [0.05, 0.1) is 12.7 Å². The lowest BCUT2D eigenvalue weighted by Crippen LogP contribution is -2.30. The molecule has 2 aromatic carbocycles. The molecule has 0 radical (unpaired) electrons. The molecular weight excluding hydrogens is 582 g/mol. The molecule has 2 aromatic heterocycles. The number of hydrogen-bond donors (Lipinski definition) is 1. The molecule has 0 bridgehead atoms. The minimum absolute atomic E-state index is 0.0127. The largest absolute Gasteiger partial charge is 0.497 e. The SMILES string of the molecule is COc1cc(F)c(-c2c(NC(=O)c3ccc(OC(F)F)cc3)c(=O)n(-c3cc(C)cc(C4CCN(C)CC4)n3)n2C)c(F)c1. The van der Waals surface area contributed by atoms with Crippen molar-refractivity contribution in [1.82, 2.24) is 19.2 Å². The summed E-state index contributed by atoms with van der Waals surface area (Å²) in [5.41, 5.74) is -0.390. The van der Waals surface area contributed by atoms with Crippen molar-refractivity contribution in [2.45, 2.75) is 32.3 Å². The van der Waals surface area contributed by atoms with Gasteiger partial charge in [-0.3, -0.25) is 14.3 Å². The van der Waals surface area contributed by atoms with Crippen molar-refractivity contribution < 1.29 is 31.8 Å². The van der Waals surface area contributed by atoms with Crippen LogP contribution in [0.1, 0.15) is 40.4 Å². The molecule has 1 N–H and O–H groups in total. The summed E-state index contributed by atoms with van der Waals surface area (Å²) in [5, 5.41) is 2.49. The third-order valence-corrected chi connectivity index (χ3v) is 7.66.